The van der Waals surface area contributed by atoms with Crippen molar-refractivity contribution < 1.29 is 0 Å². The van der Waals surface area contributed by atoms with Gasteiger partial charge >= 0.3 is 0 Å². The summed E-state index contributed by atoms with van der Waals surface area (Å²) in [6, 6.07) is 8.43. The maximum atomic E-state index is 4.67. The molecule has 26 heavy (non-hydrogen) atoms. The Bertz CT molecular complexity index is 1050. The fourth-order valence-corrected chi connectivity index (χ4v) is 3.38. The zero-order chi connectivity index (χ0) is 18.5. The summed E-state index contributed by atoms with van der Waals surface area (Å²) in [6.45, 7) is 10.2. The Morgan fingerprint density at radius 2 is 1.50 bits per heavy atom. The molecule has 0 aliphatic rings. The van der Waals surface area contributed by atoms with E-state index in [1.807, 2.05) is 38.4 Å². The van der Waals surface area contributed by atoms with Gasteiger partial charge in [0.05, 0.1) is 11.0 Å². The minimum absolute atomic E-state index is 0.930. The van der Waals surface area contributed by atoms with Crippen LogP contribution in [-0.2, 0) is 0 Å². The third kappa shape index (κ3) is 3.11. The molecule has 0 saturated carbocycles. The van der Waals surface area contributed by atoms with Crippen molar-refractivity contribution in [3.05, 3.63) is 84.7 Å². The topological polar surface area (TPSA) is 25.8 Å². The fourth-order valence-electron chi connectivity index (χ4n) is 3.38. The number of hydrogen-bond donors (Lipinski definition) is 0. The number of fused-ring (bicyclic) bond motifs is 3. The standard InChI is InChI=1S/C24H24N2/c1-5-9-18(10-6-2)20-14-16-26-24-22(20)12-11-21-19(17(7-3)8-4)13-15-25-23(21)24/h5,7-16H,3,6H2,1-2,4H3/b9-5-,17-8+,18-10+. The molecule has 2 nitrogen and oxygen atoms in total. The number of rotatable bonds is 5. The molecule has 0 saturated heterocycles. The van der Waals surface area contributed by atoms with Crippen LogP contribution in [0, 0.1) is 0 Å². The first kappa shape index (κ1) is 17.8. The van der Waals surface area contributed by atoms with Crippen LogP contribution in [0.1, 0.15) is 38.3 Å². The smallest absolute Gasteiger partial charge is 0.0970 e. The molecule has 0 bridgehead atoms. The summed E-state index contributed by atoms with van der Waals surface area (Å²) in [6.07, 6.45) is 15.2. The van der Waals surface area contributed by atoms with Crippen LogP contribution in [-0.4, -0.2) is 9.97 Å². The molecule has 0 atom stereocenters. The summed E-state index contributed by atoms with van der Waals surface area (Å²) >= 11 is 0. The van der Waals surface area contributed by atoms with Gasteiger partial charge in [0.2, 0.25) is 0 Å². The number of benzene rings is 1. The summed E-state index contributed by atoms with van der Waals surface area (Å²) in [5.74, 6) is 0. The molecule has 0 fully saturated rings. The van der Waals surface area contributed by atoms with Crippen molar-refractivity contribution in [1.82, 2.24) is 9.97 Å². The van der Waals surface area contributed by atoms with E-state index in [1.165, 1.54) is 11.1 Å². The largest absolute Gasteiger partial charge is 0.254 e. The number of allylic oxidation sites excluding steroid dienone is 7. The van der Waals surface area contributed by atoms with Crippen molar-refractivity contribution >= 4 is 33.0 Å². The average Bonchev–Trinajstić information content (AvgIpc) is 2.68. The molecule has 3 rings (SSSR count). The van der Waals surface area contributed by atoms with Gasteiger partial charge in [-0.05, 0) is 54.7 Å². The highest BCUT2D eigenvalue weighted by Crippen LogP contribution is 2.32. The molecule has 2 heteroatoms. The van der Waals surface area contributed by atoms with Crippen LogP contribution in [0.25, 0.3) is 33.0 Å². The lowest BCUT2D eigenvalue weighted by atomic mass is 9.96. The molecule has 0 spiro atoms. The van der Waals surface area contributed by atoms with E-state index in [0.717, 1.165) is 39.4 Å². The van der Waals surface area contributed by atoms with Crippen LogP contribution in [0.15, 0.2) is 73.6 Å². The Hall–Kier alpha value is -3.00. The van der Waals surface area contributed by atoms with Gasteiger partial charge in [0.25, 0.3) is 0 Å². The zero-order valence-corrected chi connectivity index (χ0v) is 15.7. The van der Waals surface area contributed by atoms with Gasteiger partial charge in [-0.25, -0.2) is 0 Å². The molecule has 0 amide bonds. The van der Waals surface area contributed by atoms with E-state index >= 15 is 0 Å². The highest BCUT2D eigenvalue weighted by atomic mass is 14.7. The minimum Gasteiger partial charge on any atom is -0.254 e. The van der Waals surface area contributed by atoms with Gasteiger partial charge in [-0.15, -0.1) is 0 Å². The van der Waals surface area contributed by atoms with Crippen molar-refractivity contribution in [2.24, 2.45) is 0 Å². The quantitative estimate of drug-likeness (QED) is 0.379. The van der Waals surface area contributed by atoms with Crippen LogP contribution in [0.4, 0.5) is 0 Å². The Morgan fingerprint density at radius 1 is 0.923 bits per heavy atom. The minimum atomic E-state index is 0.930. The molecule has 2 heterocycles. The predicted octanol–water partition coefficient (Wildman–Crippen LogP) is 6.74. The maximum Gasteiger partial charge on any atom is 0.0970 e. The molecule has 0 aliphatic heterocycles. The van der Waals surface area contributed by atoms with Crippen LogP contribution in [0.5, 0.6) is 0 Å². The van der Waals surface area contributed by atoms with Gasteiger partial charge < -0.3 is 0 Å². The maximum absolute atomic E-state index is 4.67. The van der Waals surface area contributed by atoms with Crippen LogP contribution < -0.4 is 0 Å². The lowest BCUT2D eigenvalue weighted by Crippen LogP contribution is -1.93. The van der Waals surface area contributed by atoms with E-state index in [4.69, 9.17) is 0 Å². The van der Waals surface area contributed by atoms with Gasteiger partial charge in [0.15, 0.2) is 0 Å². The summed E-state index contributed by atoms with van der Waals surface area (Å²) in [7, 11) is 0. The number of pyridine rings is 2. The summed E-state index contributed by atoms with van der Waals surface area (Å²) < 4.78 is 0. The molecule has 0 unspecified atom stereocenters. The lowest BCUT2D eigenvalue weighted by molar-refractivity contribution is 1.23. The second-order valence-corrected chi connectivity index (χ2v) is 6.09. The zero-order valence-electron chi connectivity index (χ0n) is 15.7. The van der Waals surface area contributed by atoms with E-state index in [1.54, 1.807) is 0 Å². The molecule has 3 aromatic rings. The van der Waals surface area contributed by atoms with Gasteiger partial charge in [0.1, 0.15) is 0 Å². The van der Waals surface area contributed by atoms with E-state index in [0.29, 0.717) is 0 Å². The number of aromatic nitrogens is 2. The summed E-state index contributed by atoms with van der Waals surface area (Å²) in [4.78, 5) is 9.32. The Kier molecular flexibility index (Phi) is 5.43. The molecular formula is C24H24N2. The van der Waals surface area contributed by atoms with Crippen molar-refractivity contribution in [1.29, 1.82) is 0 Å². The second-order valence-electron chi connectivity index (χ2n) is 6.09. The highest BCUT2D eigenvalue weighted by Gasteiger charge is 2.12. The molecule has 0 radical (unpaired) electrons. The Labute approximate surface area is 155 Å². The normalized spacial score (nSPS) is 13.0. The van der Waals surface area contributed by atoms with Gasteiger partial charge in [-0.3, -0.25) is 9.97 Å². The fraction of sp³-hybridized carbons (Fsp3) is 0.167. The molecular weight excluding hydrogens is 316 g/mol. The molecule has 130 valence electrons. The lowest BCUT2D eigenvalue weighted by Gasteiger charge is -2.12. The SMILES string of the molecule is C=C/C(=C\C)c1ccnc2c1ccc1c(C(/C=C\C)=C/CC)ccnc12. The first-order valence-corrected chi connectivity index (χ1v) is 9.03. The highest BCUT2D eigenvalue weighted by molar-refractivity contribution is 6.10. The second kappa shape index (κ2) is 7.92. The monoisotopic (exact) mass is 340 g/mol. The number of hydrogen-bond acceptors (Lipinski definition) is 2. The summed E-state index contributed by atoms with van der Waals surface area (Å²) in [5, 5.41) is 2.23. The van der Waals surface area contributed by atoms with E-state index in [2.05, 4.69) is 66.0 Å². The van der Waals surface area contributed by atoms with Crippen LogP contribution in [0.3, 0.4) is 0 Å². The van der Waals surface area contributed by atoms with Crippen molar-refractivity contribution in [3.8, 4) is 0 Å². The first-order chi connectivity index (χ1) is 12.7. The van der Waals surface area contributed by atoms with E-state index in [-0.39, 0.29) is 0 Å². The Morgan fingerprint density at radius 3 is 1.96 bits per heavy atom. The van der Waals surface area contributed by atoms with Gasteiger partial charge in [-0.2, -0.15) is 0 Å². The van der Waals surface area contributed by atoms with Crippen molar-refractivity contribution in [2.75, 3.05) is 0 Å². The van der Waals surface area contributed by atoms with Gasteiger partial charge in [-0.1, -0.05) is 56.0 Å². The first-order valence-electron chi connectivity index (χ1n) is 9.03. The Balaban J connectivity index is 2.36. The van der Waals surface area contributed by atoms with E-state index in [9.17, 15) is 0 Å². The molecule has 2 aromatic heterocycles. The number of nitrogens with zero attached hydrogens (tertiary/aromatic N) is 2. The third-order valence-corrected chi connectivity index (χ3v) is 4.54. The van der Waals surface area contributed by atoms with E-state index < -0.39 is 0 Å². The van der Waals surface area contributed by atoms with Crippen molar-refractivity contribution in [3.63, 3.8) is 0 Å². The predicted molar refractivity (Wildman–Crippen MR) is 114 cm³/mol. The third-order valence-electron chi connectivity index (χ3n) is 4.54. The van der Waals surface area contributed by atoms with Gasteiger partial charge in [0, 0.05) is 23.2 Å². The van der Waals surface area contributed by atoms with Crippen LogP contribution >= 0.6 is 0 Å². The molecule has 0 aliphatic carbocycles. The van der Waals surface area contributed by atoms with Crippen molar-refractivity contribution in [2.45, 2.75) is 27.2 Å². The summed E-state index contributed by atoms with van der Waals surface area (Å²) in [5.41, 5.74) is 6.53. The van der Waals surface area contributed by atoms with Crippen LogP contribution in [0.2, 0.25) is 0 Å². The molecule has 0 N–H and O–H groups in total. The molecule has 1 aromatic carbocycles. The average molecular weight is 340 g/mol.